The lowest BCUT2D eigenvalue weighted by Gasteiger charge is -2.01. The van der Waals surface area contributed by atoms with Crippen LogP contribution in [0, 0.1) is 0 Å². The minimum atomic E-state index is -0.215. The van der Waals surface area contributed by atoms with E-state index < -0.39 is 0 Å². The van der Waals surface area contributed by atoms with E-state index in [9.17, 15) is 4.79 Å². The lowest BCUT2D eigenvalue weighted by atomic mass is 10.4. The van der Waals surface area contributed by atoms with Crippen LogP contribution in [0.15, 0.2) is 49.5 Å². The molecule has 0 aliphatic heterocycles. The Labute approximate surface area is 153 Å². The van der Waals surface area contributed by atoms with E-state index in [-0.39, 0.29) is 17.7 Å². The maximum Gasteiger partial charge on any atom is 0.322 e. The first-order valence-corrected chi connectivity index (χ1v) is 9.35. The van der Waals surface area contributed by atoms with Gasteiger partial charge in [0.05, 0.1) is 14.4 Å². The third kappa shape index (κ3) is 4.57. The van der Waals surface area contributed by atoms with Gasteiger partial charge in [-0.1, -0.05) is 16.7 Å². The molecule has 0 fully saturated rings. The molecule has 1 N–H and O–H groups in total. The molecule has 2 heterocycles. The van der Waals surface area contributed by atoms with E-state index in [4.69, 9.17) is 16.0 Å². The van der Waals surface area contributed by atoms with Crippen molar-refractivity contribution in [3.8, 4) is 10.8 Å². The van der Waals surface area contributed by atoms with Gasteiger partial charge in [-0.3, -0.25) is 10.1 Å². The van der Waals surface area contributed by atoms with Gasteiger partial charge in [0, 0.05) is 9.92 Å². The highest BCUT2D eigenvalue weighted by Crippen LogP contribution is 2.31. The van der Waals surface area contributed by atoms with E-state index in [0.717, 1.165) is 13.6 Å². The summed E-state index contributed by atoms with van der Waals surface area (Å²) in [6, 6.07) is 11.1. The predicted octanol–water partition coefficient (Wildman–Crippen LogP) is 4.94. The summed E-state index contributed by atoms with van der Waals surface area (Å²) in [5.74, 6) is 0.401. The molecule has 0 aliphatic rings. The number of nitrogens with zero attached hydrogens (tertiary/aromatic N) is 2. The van der Waals surface area contributed by atoms with Crippen LogP contribution in [0.1, 0.15) is 0 Å². The average Bonchev–Trinajstić information content (AvgIpc) is 3.16. The molecule has 0 radical (unpaired) electrons. The number of nitrogens with one attached hydrogen (secondary N) is 1. The summed E-state index contributed by atoms with van der Waals surface area (Å²) in [7, 11) is 0. The Morgan fingerprint density at radius 3 is 2.74 bits per heavy atom. The Morgan fingerprint density at radius 1 is 1.26 bits per heavy atom. The van der Waals surface area contributed by atoms with E-state index >= 15 is 0 Å². The molecule has 23 heavy (non-hydrogen) atoms. The zero-order valence-corrected chi connectivity index (χ0v) is 15.4. The molecule has 0 saturated heterocycles. The zero-order chi connectivity index (χ0) is 16.2. The Hall–Kier alpha value is -1.35. The van der Waals surface area contributed by atoms with Gasteiger partial charge in [0.2, 0.25) is 5.91 Å². The summed E-state index contributed by atoms with van der Waals surface area (Å²) in [5.41, 5.74) is 0. The summed E-state index contributed by atoms with van der Waals surface area (Å²) in [6.07, 6.45) is 0. The van der Waals surface area contributed by atoms with Crippen molar-refractivity contribution >= 4 is 62.6 Å². The van der Waals surface area contributed by atoms with Crippen molar-refractivity contribution in [3.05, 3.63) is 45.2 Å². The Balaban J connectivity index is 1.56. The molecule has 118 valence electrons. The predicted molar refractivity (Wildman–Crippen MR) is 96.1 cm³/mol. The monoisotopic (exact) mass is 429 g/mol. The highest BCUT2D eigenvalue weighted by atomic mass is 79.9. The number of anilines is 1. The van der Waals surface area contributed by atoms with E-state index in [1.165, 1.54) is 23.1 Å². The third-order valence-electron chi connectivity index (χ3n) is 2.64. The van der Waals surface area contributed by atoms with Crippen molar-refractivity contribution < 1.29 is 9.21 Å². The fourth-order valence-electron chi connectivity index (χ4n) is 1.64. The van der Waals surface area contributed by atoms with E-state index in [1.54, 1.807) is 12.1 Å². The quantitative estimate of drug-likeness (QED) is 0.580. The number of thiophene rings is 1. The maximum atomic E-state index is 11.9. The number of benzene rings is 1. The molecular formula is C14H9BrClN3O2S2. The summed E-state index contributed by atoms with van der Waals surface area (Å²) < 4.78 is 6.40. The van der Waals surface area contributed by atoms with Crippen LogP contribution in [0.3, 0.4) is 0 Å². The SMILES string of the molecule is O=C(CSc1ccc(Cl)cc1)Nc1nnc(-c2ccc(Br)s2)o1. The number of aromatic nitrogens is 2. The molecule has 1 aromatic carbocycles. The van der Waals surface area contributed by atoms with Crippen LogP contribution in [0.25, 0.3) is 10.8 Å². The minimum absolute atomic E-state index is 0.0891. The first-order chi connectivity index (χ1) is 11.1. The molecule has 3 rings (SSSR count). The number of carbonyl (C=O) groups is 1. The maximum absolute atomic E-state index is 11.9. The van der Waals surface area contributed by atoms with Crippen molar-refractivity contribution in [2.45, 2.75) is 4.90 Å². The van der Waals surface area contributed by atoms with E-state index in [2.05, 4.69) is 31.4 Å². The van der Waals surface area contributed by atoms with Crippen molar-refractivity contribution in [1.29, 1.82) is 0 Å². The number of rotatable bonds is 5. The van der Waals surface area contributed by atoms with Crippen molar-refractivity contribution in [3.63, 3.8) is 0 Å². The van der Waals surface area contributed by atoms with Crippen molar-refractivity contribution in [2.75, 3.05) is 11.1 Å². The molecular weight excluding hydrogens is 422 g/mol. The number of amides is 1. The largest absolute Gasteiger partial charge is 0.402 e. The number of thioether (sulfide) groups is 1. The lowest BCUT2D eigenvalue weighted by molar-refractivity contribution is -0.113. The molecule has 3 aromatic rings. The Bertz CT molecular complexity index is 820. The second-order valence-corrected chi connectivity index (χ2v) is 8.26. The third-order valence-corrected chi connectivity index (χ3v) is 5.51. The van der Waals surface area contributed by atoms with E-state index in [1.807, 2.05) is 24.3 Å². The van der Waals surface area contributed by atoms with Gasteiger partial charge < -0.3 is 4.42 Å². The molecule has 0 atom stereocenters. The number of hydrogen-bond donors (Lipinski definition) is 1. The van der Waals surface area contributed by atoms with Crippen molar-refractivity contribution in [2.24, 2.45) is 0 Å². The van der Waals surface area contributed by atoms with Crippen LogP contribution in [0.2, 0.25) is 5.02 Å². The molecule has 2 aromatic heterocycles. The van der Waals surface area contributed by atoms with Crippen LogP contribution in [-0.4, -0.2) is 21.9 Å². The lowest BCUT2D eigenvalue weighted by Crippen LogP contribution is -2.14. The molecule has 0 bridgehead atoms. The van der Waals surface area contributed by atoms with Crippen LogP contribution in [-0.2, 0) is 4.79 Å². The molecule has 0 unspecified atom stereocenters. The highest BCUT2D eigenvalue weighted by molar-refractivity contribution is 9.11. The average molecular weight is 431 g/mol. The molecule has 0 aliphatic carbocycles. The summed E-state index contributed by atoms with van der Waals surface area (Å²) in [4.78, 5) is 13.7. The number of carbonyl (C=O) groups excluding carboxylic acids is 1. The first-order valence-electron chi connectivity index (χ1n) is 6.37. The van der Waals surface area contributed by atoms with Crippen LogP contribution in [0.4, 0.5) is 6.01 Å². The first kappa shape index (κ1) is 16.5. The Kier molecular flexibility index (Phi) is 5.37. The van der Waals surface area contributed by atoms with Gasteiger partial charge in [-0.25, -0.2) is 0 Å². The standard InChI is InChI=1S/C14H9BrClN3O2S2/c15-11-6-5-10(23-11)13-18-19-14(21-13)17-12(20)7-22-9-3-1-8(16)2-4-9/h1-6H,7H2,(H,17,19,20). The summed E-state index contributed by atoms with van der Waals surface area (Å²) in [5, 5.41) is 11.0. The molecule has 1 amide bonds. The second kappa shape index (κ2) is 7.48. The molecule has 5 nitrogen and oxygen atoms in total. The smallest absolute Gasteiger partial charge is 0.322 e. The fourth-order valence-corrected chi connectivity index (χ4v) is 3.77. The number of halogens is 2. The molecule has 0 spiro atoms. The van der Waals surface area contributed by atoms with Crippen LogP contribution in [0.5, 0.6) is 0 Å². The highest BCUT2D eigenvalue weighted by Gasteiger charge is 2.13. The summed E-state index contributed by atoms with van der Waals surface area (Å²) in [6.45, 7) is 0. The minimum Gasteiger partial charge on any atom is -0.402 e. The van der Waals surface area contributed by atoms with Crippen LogP contribution < -0.4 is 5.32 Å². The van der Waals surface area contributed by atoms with Crippen molar-refractivity contribution in [1.82, 2.24) is 10.2 Å². The van der Waals surface area contributed by atoms with Gasteiger partial charge >= 0.3 is 6.01 Å². The Morgan fingerprint density at radius 2 is 2.04 bits per heavy atom. The molecule has 0 saturated carbocycles. The topological polar surface area (TPSA) is 68.0 Å². The normalized spacial score (nSPS) is 10.7. The van der Waals surface area contributed by atoms with Crippen LogP contribution >= 0.6 is 50.6 Å². The zero-order valence-electron chi connectivity index (χ0n) is 11.5. The fraction of sp³-hybridized carbons (Fsp3) is 0.0714. The van der Waals surface area contributed by atoms with Gasteiger partial charge in [0.1, 0.15) is 0 Å². The summed E-state index contributed by atoms with van der Waals surface area (Å²) >= 11 is 12.1. The second-order valence-electron chi connectivity index (χ2n) is 4.31. The van der Waals surface area contributed by atoms with Gasteiger partial charge in [-0.05, 0) is 52.3 Å². The van der Waals surface area contributed by atoms with Gasteiger partial charge in [-0.2, -0.15) is 0 Å². The van der Waals surface area contributed by atoms with E-state index in [0.29, 0.717) is 10.9 Å². The number of hydrogen-bond acceptors (Lipinski definition) is 6. The van der Waals surface area contributed by atoms with Gasteiger partial charge in [0.25, 0.3) is 5.89 Å². The molecule has 9 heteroatoms. The van der Waals surface area contributed by atoms with Gasteiger partial charge in [-0.15, -0.1) is 28.2 Å². The van der Waals surface area contributed by atoms with Gasteiger partial charge in [0.15, 0.2) is 0 Å².